The highest BCUT2D eigenvalue weighted by atomic mass is 32.2. The molecule has 0 saturated carbocycles. The number of nitrogens with two attached hydrogens (primary N) is 1. The Hall–Kier alpha value is -0.820. The van der Waals surface area contributed by atoms with E-state index in [1.54, 1.807) is 20.8 Å². The van der Waals surface area contributed by atoms with E-state index in [0.717, 1.165) is 0 Å². The summed E-state index contributed by atoms with van der Waals surface area (Å²) >= 11 is 0. The first kappa shape index (κ1) is 14.6. The van der Waals surface area contributed by atoms with E-state index < -0.39 is 26.3 Å². The zero-order valence-electron chi connectivity index (χ0n) is 11.7. The summed E-state index contributed by atoms with van der Waals surface area (Å²) in [7, 11) is -3.15. The summed E-state index contributed by atoms with van der Waals surface area (Å²) < 4.78 is 28.7. The van der Waals surface area contributed by atoms with E-state index in [4.69, 9.17) is 10.5 Å². The molecule has 2 aliphatic rings. The normalized spacial score (nSPS) is 28.2. The number of hydrogen-bond donors (Lipinski definition) is 1. The van der Waals surface area contributed by atoms with Crippen LogP contribution in [0.2, 0.25) is 0 Å². The van der Waals surface area contributed by atoms with Crippen LogP contribution in [0.25, 0.3) is 0 Å². The van der Waals surface area contributed by atoms with Crippen LogP contribution in [0.3, 0.4) is 0 Å². The molecule has 0 radical (unpaired) electrons. The lowest BCUT2D eigenvalue weighted by atomic mass is 9.83. The van der Waals surface area contributed by atoms with Crippen molar-refractivity contribution in [1.82, 2.24) is 4.90 Å². The molecule has 2 N–H and O–H groups in total. The number of sulfone groups is 1. The first-order valence-corrected chi connectivity index (χ1v) is 8.17. The van der Waals surface area contributed by atoms with Crippen molar-refractivity contribution >= 4 is 15.9 Å². The van der Waals surface area contributed by atoms with Crippen LogP contribution in [0.5, 0.6) is 0 Å². The average Bonchev–Trinajstić information content (AvgIpc) is 2.43. The van der Waals surface area contributed by atoms with Crippen LogP contribution >= 0.6 is 0 Å². The summed E-state index contributed by atoms with van der Waals surface area (Å²) in [4.78, 5) is 13.3. The van der Waals surface area contributed by atoms with Gasteiger partial charge in [-0.25, -0.2) is 13.2 Å². The SMILES string of the molecule is CC(C)(C)OC(=O)N1CC2(C1)C(CN)CCS2(=O)=O. The summed E-state index contributed by atoms with van der Waals surface area (Å²) in [5.41, 5.74) is 5.10. The topological polar surface area (TPSA) is 89.7 Å². The molecule has 7 heteroatoms. The Balaban J connectivity index is 2.07. The molecule has 1 atom stereocenters. The van der Waals surface area contributed by atoms with E-state index in [0.29, 0.717) is 13.0 Å². The Labute approximate surface area is 114 Å². The van der Waals surface area contributed by atoms with Crippen LogP contribution in [0.15, 0.2) is 0 Å². The second-order valence-corrected chi connectivity index (χ2v) is 8.89. The van der Waals surface area contributed by atoms with Gasteiger partial charge >= 0.3 is 6.09 Å². The van der Waals surface area contributed by atoms with Crippen LogP contribution in [0.1, 0.15) is 27.2 Å². The van der Waals surface area contributed by atoms with Crippen LogP contribution in [-0.4, -0.2) is 55.1 Å². The van der Waals surface area contributed by atoms with Crippen molar-refractivity contribution in [3.63, 3.8) is 0 Å². The highest BCUT2D eigenvalue weighted by Gasteiger charge is 2.62. The molecule has 0 aromatic rings. The van der Waals surface area contributed by atoms with Gasteiger partial charge < -0.3 is 15.4 Å². The van der Waals surface area contributed by atoms with Gasteiger partial charge in [-0.3, -0.25) is 0 Å². The average molecular weight is 290 g/mol. The zero-order chi connectivity index (χ0) is 14.5. The first-order valence-electron chi connectivity index (χ1n) is 6.52. The molecule has 2 rings (SSSR count). The smallest absolute Gasteiger partial charge is 0.410 e. The van der Waals surface area contributed by atoms with Gasteiger partial charge in [-0.1, -0.05) is 0 Å². The fourth-order valence-electron chi connectivity index (χ4n) is 2.86. The van der Waals surface area contributed by atoms with Gasteiger partial charge in [0, 0.05) is 13.1 Å². The minimum absolute atomic E-state index is 0.0452. The highest BCUT2D eigenvalue weighted by molar-refractivity contribution is 7.93. The molecule has 6 nitrogen and oxygen atoms in total. The fraction of sp³-hybridized carbons (Fsp3) is 0.917. The summed E-state index contributed by atoms with van der Waals surface area (Å²) in [6.45, 7) is 6.14. The Morgan fingerprint density at radius 1 is 1.42 bits per heavy atom. The third-order valence-corrected chi connectivity index (χ3v) is 6.56. The molecule has 1 unspecified atom stereocenters. The summed E-state index contributed by atoms with van der Waals surface area (Å²) in [6.07, 6.45) is 0.150. The maximum atomic E-state index is 12.2. The fourth-order valence-corrected chi connectivity index (χ4v) is 5.29. The van der Waals surface area contributed by atoms with E-state index in [2.05, 4.69) is 0 Å². The van der Waals surface area contributed by atoms with E-state index in [1.165, 1.54) is 4.90 Å². The van der Waals surface area contributed by atoms with Crippen molar-refractivity contribution in [2.45, 2.75) is 37.5 Å². The lowest BCUT2D eigenvalue weighted by molar-refractivity contribution is -0.00209. The molecule has 2 aliphatic heterocycles. The molecule has 0 aliphatic carbocycles. The van der Waals surface area contributed by atoms with Crippen molar-refractivity contribution in [3.8, 4) is 0 Å². The van der Waals surface area contributed by atoms with Gasteiger partial charge in [0.15, 0.2) is 9.84 Å². The van der Waals surface area contributed by atoms with Gasteiger partial charge in [-0.05, 0) is 39.7 Å². The molecule has 2 saturated heterocycles. The van der Waals surface area contributed by atoms with Gasteiger partial charge in [-0.15, -0.1) is 0 Å². The van der Waals surface area contributed by atoms with Crippen molar-refractivity contribution in [3.05, 3.63) is 0 Å². The van der Waals surface area contributed by atoms with Crippen molar-refractivity contribution in [1.29, 1.82) is 0 Å². The van der Waals surface area contributed by atoms with Gasteiger partial charge in [-0.2, -0.15) is 0 Å². The number of hydrogen-bond acceptors (Lipinski definition) is 5. The number of carbonyl (C=O) groups excluding carboxylic acids is 1. The molecule has 0 aromatic heterocycles. The number of nitrogens with zero attached hydrogens (tertiary/aromatic N) is 1. The summed E-state index contributed by atoms with van der Waals surface area (Å²) in [6, 6.07) is 0. The zero-order valence-corrected chi connectivity index (χ0v) is 12.5. The van der Waals surface area contributed by atoms with Crippen LogP contribution in [0.4, 0.5) is 4.79 Å². The van der Waals surface area contributed by atoms with Crippen molar-refractivity contribution in [2.75, 3.05) is 25.4 Å². The van der Waals surface area contributed by atoms with Crippen LogP contribution in [-0.2, 0) is 14.6 Å². The number of carbonyl (C=O) groups is 1. The Morgan fingerprint density at radius 2 is 2.00 bits per heavy atom. The lowest BCUT2D eigenvalue weighted by Gasteiger charge is -2.49. The second kappa shape index (κ2) is 4.34. The van der Waals surface area contributed by atoms with Gasteiger partial charge in [0.25, 0.3) is 0 Å². The minimum atomic E-state index is -3.15. The molecular formula is C12H22N2O4S. The van der Waals surface area contributed by atoms with E-state index in [-0.39, 0.29) is 24.8 Å². The van der Waals surface area contributed by atoms with Crippen molar-refractivity contribution in [2.24, 2.45) is 11.7 Å². The van der Waals surface area contributed by atoms with E-state index in [9.17, 15) is 13.2 Å². The third-order valence-electron chi connectivity index (χ3n) is 3.95. The Kier molecular flexibility index (Phi) is 3.33. The molecule has 0 bridgehead atoms. The highest BCUT2D eigenvalue weighted by Crippen LogP contribution is 2.44. The molecule has 19 heavy (non-hydrogen) atoms. The summed E-state index contributed by atoms with van der Waals surface area (Å²) in [5, 5.41) is 0. The van der Waals surface area contributed by atoms with Crippen LogP contribution in [0, 0.1) is 5.92 Å². The molecule has 110 valence electrons. The molecule has 2 fully saturated rings. The lowest BCUT2D eigenvalue weighted by Crippen LogP contribution is -2.69. The first-order chi connectivity index (χ1) is 8.61. The number of rotatable bonds is 1. The molecule has 1 amide bonds. The largest absolute Gasteiger partial charge is 0.444 e. The molecule has 1 spiro atoms. The predicted molar refractivity (Wildman–Crippen MR) is 71.5 cm³/mol. The van der Waals surface area contributed by atoms with E-state index >= 15 is 0 Å². The third kappa shape index (κ3) is 2.33. The monoisotopic (exact) mass is 290 g/mol. The second-order valence-electron chi connectivity index (χ2n) is 6.44. The van der Waals surface area contributed by atoms with Gasteiger partial charge in [0.2, 0.25) is 0 Å². The number of amides is 1. The van der Waals surface area contributed by atoms with Crippen molar-refractivity contribution < 1.29 is 17.9 Å². The molecule has 2 heterocycles. The number of ether oxygens (including phenoxy) is 1. The maximum absolute atomic E-state index is 12.2. The van der Waals surface area contributed by atoms with Crippen LogP contribution < -0.4 is 5.73 Å². The Morgan fingerprint density at radius 3 is 2.47 bits per heavy atom. The Bertz CT molecular complexity index is 474. The summed E-state index contributed by atoms with van der Waals surface area (Å²) in [5.74, 6) is 0.132. The predicted octanol–water partition coefficient (Wildman–Crippen LogP) is 0.369. The van der Waals surface area contributed by atoms with Gasteiger partial charge in [0.1, 0.15) is 10.3 Å². The van der Waals surface area contributed by atoms with E-state index in [1.807, 2.05) is 0 Å². The standard InChI is InChI=1S/C12H22N2O4S/c1-11(2,3)18-10(15)14-7-12(8-14)9(6-13)4-5-19(12,16)17/h9H,4-8,13H2,1-3H3. The minimum Gasteiger partial charge on any atom is -0.444 e. The van der Waals surface area contributed by atoms with Gasteiger partial charge in [0.05, 0.1) is 5.75 Å². The number of likely N-dealkylation sites (tertiary alicyclic amines) is 1. The quantitative estimate of drug-likeness (QED) is 0.753. The molecule has 0 aromatic carbocycles. The molecular weight excluding hydrogens is 268 g/mol. The maximum Gasteiger partial charge on any atom is 0.410 e.